The van der Waals surface area contributed by atoms with Gasteiger partial charge in [0.2, 0.25) is 0 Å². The van der Waals surface area contributed by atoms with Crippen LogP contribution in [0.5, 0.6) is 11.5 Å². The molecule has 116 valence electrons. The number of benzene rings is 1. The molecular formula is C13H12ClF4NO2. The molecule has 0 amide bonds. The lowest BCUT2D eigenvalue weighted by atomic mass is 9.89. The van der Waals surface area contributed by atoms with E-state index in [1.54, 1.807) is 0 Å². The molecule has 0 bridgehead atoms. The minimum absolute atomic E-state index is 0.0998. The van der Waals surface area contributed by atoms with Crippen molar-refractivity contribution in [2.24, 2.45) is 5.73 Å². The van der Waals surface area contributed by atoms with Gasteiger partial charge in [-0.15, -0.1) is 0 Å². The highest BCUT2D eigenvalue weighted by molar-refractivity contribution is 6.31. The number of alkyl halides is 4. The Morgan fingerprint density at radius 2 is 1.43 bits per heavy atom. The van der Waals surface area contributed by atoms with Crippen molar-refractivity contribution in [2.75, 3.05) is 0 Å². The molecular weight excluding hydrogens is 314 g/mol. The topological polar surface area (TPSA) is 44.5 Å². The molecule has 1 saturated carbocycles. The van der Waals surface area contributed by atoms with Crippen molar-refractivity contribution in [1.82, 2.24) is 0 Å². The van der Waals surface area contributed by atoms with Crippen LogP contribution in [0.25, 0.3) is 0 Å². The molecule has 1 aliphatic carbocycles. The third kappa shape index (κ3) is 2.23. The molecule has 0 spiro atoms. The fraction of sp³-hybridized carbons (Fsp3) is 0.538. The standard InChI is InChI=1S/C13H12ClF4NO2/c14-8-6-10-9(20-12(15,16)13(17,18)21-10)5-7(8)11(19)3-1-2-4-11/h5-6H,1-4,19H2. The Labute approximate surface area is 123 Å². The van der Waals surface area contributed by atoms with Crippen LogP contribution in [0, 0.1) is 0 Å². The summed E-state index contributed by atoms with van der Waals surface area (Å²) in [5.74, 6) is -1.01. The van der Waals surface area contributed by atoms with Crippen molar-refractivity contribution in [3.05, 3.63) is 22.7 Å². The third-order valence-corrected chi connectivity index (χ3v) is 4.19. The molecule has 21 heavy (non-hydrogen) atoms. The van der Waals surface area contributed by atoms with Gasteiger partial charge < -0.3 is 15.2 Å². The van der Waals surface area contributed by atoms with Gasteiger partial charge in [-0.2, -0.15) is 17.6 Å². The quantitative estimate of drug-likeness (QED) is 0.793. The van der Waals surface area contributed by atoms with E-state index in [4.69, 9.17) is 17.3 Å². The summed E-state index contributed by atoms with van der Waals surface area (Å²) < 4.78 is 60.8. The minimum atomic E-state index is -4.75. The van der Waals surface area contributed by atoms with Crippen molar-refractivity contribution in [3.63, 3.8) is 0 Å². The first kappa shape index (κ1) is 14.7. The Morgan fingerprint density at radius 3 is 1.95 bits per heavy atom. The summed E-state index contributed by atoms with van der Waals surface area (Å²) in [5, 5.41) is 0.0998. The number of nitrogens with two attached hydrogens (primary N) is 1. The maximum Gasteiger partial charge on any atom is 0.507 e. The highest BCUT2D eigenvalue weighted by Gasteiger charge is 2.66. The van der Waals surface area contributed by atoms with Crippen LogP contribution in [0.15, 0.2) is 12.1 Å². The van der Waals surface area contributed by atoms with Gasteiger partial charge in [0.05, 0.1) is 0 Å². The summed E-state index contributed by atoms with van der Waals surface area (Å²) in [7, 11) is 0. The molecule has 2 N–H and O–H groups in total. The summed E-state index contributed by atoms with van der Waals surface area (Å²) in [6, 6.07) is 2.22. The van der Waals surface area contributed by atoms with Crippen LogP contribution in [0.1, 0.15) is 31.2 Å². The summed E-state index contributed by atoms with van der Waals surface area (Å²) in [4.78, 5) is 0. The fourth-order valence-electron chi connectivity index (χ4n) is 2.75. The number of ether oxygens (including phenoxy) is 2. The van der Waals surface area contributed by atoms with E-state index < -0.39 is 29.3 Å². The van der Waals surface area contributed by atoms with Gasteiger partial charge in [-0.05, 0) is 24.5 Å². The zero-order valence-corrected chi connectivity index (χ0v) is 11.5. The second-order valence-electron chi connectivity index (χ2n) is 5.38. The largest absolute Gasteiger partial charge is 0.507 e. The lowest BCUT2D eigenvalue weighted by Crippen LogP contribution is -2.52. The Hall–Kier alpha value is -1.21. The van der Waals surface area contributed by atoms with Gasteiger partial charge in [0.15, 0.2) is 11.5 Å². The Bertz CT molecular complexity index is 588. The van der Waals surface area contributed by atoms with E-state index in [9.17, 15) is 17.6 Å². The summed E-state index contributed by atoms with van der Waals surface area (Å²) in [6.45, 7) is 0. The summed E-state index contributed by atoms with van der Waals surface area (Å²) in [5.41, 5.74) is 5.87. The molecule has 0 atom stereocenters. The van der Waals surface area contributed by atoms with Crippen molar-refractivity contribution in [2.45, 2.75) is 43.4 Å². The maximum atomic E-state index is 13.2. The van der Waals surface area contributed by atoms with E-state index in [1.807, 2.05) is 0 Å². The van der Waals surface area contributed by atoms with Crippen LogP contribution in [-0.4, -0.2) is 12.2 Å². The van der Waals surface area contributed by atoms with Crippen molar-refractivity contribution in [1.29, 1.82) is 0 Å². The zero-order valence-electron chi connectivity index (χ0n) is 10.8. The normalized spacial score (nSPS) is 24.9. The molecule has 1 fully saturated rings. The van der Waals surface area contributed by atoms with E-state index in [0.29, 0.717) is 18.4 Å². The highest BCUT2D eigenvalue weighted by atomic mass is 35.5. The van der Waals surface area contributed by atoms with Crippen LogP contribution in [0.2, 0.25) is 5.02 Å². The van der Waals surface area contributed by atoms with E-state index in [0.717, 1.165) is 18.9 Å². The summed E-state index contributed by atoms with van der Waals surface area (Å²) >= 11 is 6.05. The lowest BCUT2D eigenvalue weighted by Gasteiger charge is -2.33. The highest BCUT2D eigenvalue weighted by Crippen LogP contribution is 2.50. The van der Waals surface area contributed by atoms with Gasteiger partial charge in [-0.25, -0.2) is 0 Å². The van der Waals surface area contributed by atoms with Crippen LogP contribution < -0.4 is 15.2 Å². The van der Waals surface area contributed by atoms with Gasteiger partial charge in [0.25, 0.3) is 0 Å². The molecule has 1 aromatic carbocycles. The molecule has 0 radical (unpaired) electrons. The molecule has 0 saturated heterocycles. The van der Waals surface area contributed by atoms with Gasteiger partial charge >= 0.3 is 12.2 Å². The second kappa shape index (κ2) is 4.39. The number of rotatable bonds is 1. The monoisotopic (exact) mass is 325 g/mol. The van der Waals surface area contributed by atoms with Crippen LogP contribution in [0.4, 0.5) is 17.6 Å². The first-order valence-corrected chi connectivity index (χ1v) is 6.79. The van der Waals surface area contributed by atoms with Crippen LogP contribution in [0.3, 0.4) is 0 Å². The third-order valence-electron chi connectivity index (χ3n) is 3.88. The Morgan fingerprint density at radius 1 is 0.952 bits per heavy atom. The van der Waals surface area contributed by atoms with Crippen molar-refractivity contribution < 1.29 is 27.0 Å². The molecule has 0 aromatic heterocycles. The number of hydrogen-bond acceptors (Lipinski definition) is 3. The molecule has 2 aliphatic rings. The molecule has 0 unspecified atom stereocenters. The van der Waals surface area contributed by atoms with Gasteiger partial charge in [-0.3, -0.25) is 0 Å². The van der Waals surface area contributed by atoms with Gasteiger partial charge in [0.1, 0.15) is 0 Å². The van der Waals surface area contributed by atoms with Crippen LogP contribution in [-0.2, 0) is 5.54 Å². The van der Waals surface area contributed by atoms with Crippen molar-refractivity contribution >= 4 is 11.6 Å². The molecule has 1 aromatic rings. The molecule has 3 nitrogen and oxygen atoms in total. The van der Waals surface area contributed by atoms with E-state index in [-0.39, 0.29) is 5.02 Å². The van der Waals surface area contributed by atoms with Crippen molar-refractivity contribution in [3.8, 4) is 11.5 Å². The molecule has 3 rings (SSSR count). The van der Waals surface area contributed by atoms with Gasteiger partial charge in [-0.1, -0.05) is 24.4 Å². The zero-order chi connectivity index (χ0) is 15.5. The van der Waals surface area contributed by atoms with Crippen LogP contribution >= 0.6 is 11.6 Å². The Kier molecular flexibility index (Phi) is 3.08. The average Bonchev–Trinajstić information content (AvgIpc) is 2.78. The van der Waals surface area contributed by atoms with E-state index >= 15 is 0 Å². The SMILES string of the molecule is NC1(c2cc3c(cc2Cl)OC(F)(F)C(F)(F)O3)CCCC1. The average molecular weight is 326 g/mol. The smallest absolute Gasteiger partial charge is 0.421 e. The van der Waals surface area contributed by atoms with Gasteiger partial charge in [0, 0.05) is 16.6 Å². The number of hydrogen-bond donors (Lipinski definition) is 1. The van der Waals surface area contributed by atoms with E-state index in [1.165, 1.54) is 6.07 Å². The summed E-state index contributed by atoms with van der Waals surface area (Å²) in [6.07, 6.45) is -6.45. The molecule has 1 heterocycles. The predicted octanol–water partition coefficient (Wildman–Crippen LogP) is 4.02. The maximum absolute atomic E-state index is 13.2. The van der Waals surface area contributed by atoms with E-state index in [2.05, 4.69) is 9.47 Å². The second-order valence-corrected chi connectivity index (χ2v) is 5.79. The molecule has 1 aliphatic heterocycles. The predicted molar refractivity (Wildman–Crippen MR) is 66.9 cm³/mol. The Balaban J connectivity index is 2.06. The fourth-order valence-corrected chi connectivity index (χ4v) is 3.09. The molecule has 8 heteroatoms. The number of fused-ring (bicyclic) bond motifs is 1. The first-order valence-electron chi connectivity index (χ1n) is 6.41. The number of halogens is 5. The first-order chi connectivity index (χ1) is 9.65. The minimum Gasteiger partial charge on any atom is -0.421 e. The lowest BCUT2D eigenvalue weighted by molar-refractivity contribution is -0.391.